The van der Waals surface area contributed by atoms with Crippen LogP contribution in [0.1, 0.15) is 10.4 Å². The molecular weight excluding hydrogens is 164 g/mol. The maximum Gasteiger partial charge on any atom is 0.328 e. The Bertz CT molecular complexity index is 455. The van der Waals surface area contributed by atoms with E-state index in [1.54, 1.807) is 0 Å². The van der Waals surface area contributed by atoms with Crippen LogP contribution in [0.25, 0.3) is 0 Å². The monoisotopic (exact) mass is 168 g/mol. The lowest BCUT2D eigenvalue weighted by Gasteiger charge is -1.92. The van der Waals surface area contributed by atoms with Gasteiger partial charge in [0.25, 0.3) is 5.56 Å². The molecule has 0 atom stereocenters. The van der Waals surface area contributed by atoms with Gasteiger partial charge in [-0.05, 0) is 0 Å². The second kappa shape index (κ2) is 2.07. The number of hydrogen-bond acceptors (Lipinski definition) is 4. The summed E-state index contributed by atoms with van der Waals surface area (Å²) in [6.45, 7) is -0.182. The Morgan fingerprint density at radius 3 is 2.67 bits per heavy atom. The molecule has 0 saturated heterocycles. The average molecular weight is 168 g/mol. The van der Waals surface area contributed by atoms with Crippen molar-refractivity contribution in [1.82, 2.24) is 9.97 Å². The molecule has 1 aliphatic heterocycles. The molecular formula is C6H4N2O4. The predicted molar refractivity (Wildman–Crippen MR) is 37.5 cm³/mol. The van der Waals surface area contributed by atoms with E-state index in [0.29, 0.717) is 0 Å². The first-order chi connectivity index (χ1) is 5.68. The van der Waals surface area contributed by atoms with E-state index in [9.17, 15) is 14.4 Å². The third-order valence-electron chi connectivity index (χ3n) is 1.53. The van der Waals surface area contributed by atoms with Crippen molar-refractivity contribution >= 4 is 5.78 Å². The van der Waals surface area contributed by atoms with Crippen LogP contribution in [0.4, 0.5) is 0 Å². The molecule has 0 bridgehead atoms. The largest absolute Gasteiger partial charge is 0.470 e. The zero-order valence-corrected chi connectivity index (χ0v) is 5.84. The minimum Gasteiger partial charge on any atom is -0.470 e. The molecule has 6 heteroatoms. The maximum absolute atomic E-state index is 11.0. The molecule has 0 unspecified atom stereocenters. The summed E-state index contributed by atoms with van der Waals surface area (Å²) < 4.78 is 4.75. The first-order valence-corrected chi connectivity index (χ1v) is 3.21. The number of nitrogens with one attached hydrogen (secondary N) is 2. The first-order valence-electron chi connectivity index (χ1n) is 3.21. The molecule has 0 saturated carbocycles. The molecule has 2 rings (SSSR count). The highest BCUT2D eigenvalue weighted by atomic mass is 16.5. The van der Waals surface area contributed by atoms with E-state index in [1.807, 2.05) is 4.98 Å². The number of H-pyrrole nitrogens is 2. The molecule has 0 aromatic carbocycles. The quantitative estimate of drug-likeness (QED) is 0.500. The summed E-state index contributed by atoms with van der Waals surface area (Å²) in [6, 6.07) is 0. The highest BCUT2D eigenvalue weighted by Crippen LogP contribution is 2.15. The topological polar surface area (TPSA) is 92.0 Å². The molecule has 0 aliphatic carbocycles. The average Bonchev–Trinajstić information content (AvgIpc) is 2.31. The number of rotatable bonds is 0. The van der Waals surface area contributed by atoms with Gasteiger partial charge in [-0.25, -0.2) is 4.79 Å². The van der Waals surface area contributed by atoms with Gasteiger partial charge in [0.15, 0.2) is 6.61 Å². The predicted octanol–water partition coefficient (Wildman–Crippen LogP) is -1.36. The van der Waals surface area contributed by atoms with Crippen LogP contribution >= 0.6 is 0 Å². The maximum atomic E-state index is 11.0. The van der Waals surface area contributed by atoms with Crippen molar-refractivity contribution in [3.8, 4) is 5.88 Å². The van der Waals surface area contributed by atoms with Gasteiger partial charge in [0, 0.05) is 0 Å². The molecule has 12 heavy (non-hydrogen) atoms. The molecule has 2 N–H and O–H groups in total. The minimum absolute atomic E-state index is 0.0336. The number of fused-ring (bicyclic) bond motifs is 1. The fourth-order valence-corrected chi connectivity index (χ4v) is 1.04. The Balaban J connectivity index is 2.85. The summed E-state index contributed by atoms with van der Waals surface area (Å²) in [5.41, 5.74) is -1.47. The number of aromatic amines is 2. The van der Waals surface area contributed by atoms with E-state index in [4.69, 9.17) is 4.74 Å². The number of ketones is 1. The third kappa shape index (κ3) is 0.777. The van der Waals surface area contributed by atoms with E-state index >= 15 is 0 Å². The van der Waals surface area contributed by atoms with Crippen molar-refractivity contribution in [3.05, 3.63) is 26.4 Å². The van der Waals surface area contributed by atoms with Gasteiger partial charge in [0.1, 0.15) is 5.56 Å². The Hall–Kier alpha value is -1.85. The number of aromatic nitrogens is 2. The van der Waals surface area contributed by atoms with Gasteiger partial charge < -0.3 is 4.74 Å². The summed E-state index contributed by atoms with van der Waals surface area (Å²) in [7, 11) is 0. The van der Waals surface area contributed by atoms with Crippen molar-refractivity contribution in [3.63, 3.8) is 0 Å². The lowest BCUT2D eigenvalue weighted by atomic mass is 10.2. The first kappa shape index (κ1) is 6.84. The molecule has 1 aliphatic rings. The van der Waals surface area contributed by atoms with E-state index in [2.05, 4.69) is 4.98 Å². The van der Waals surface area contributed by atoms with Crippen LogP contribution in [0.3, 0.4) is 0 Å². The van der Waals surface area contributed by atoms with E-state index in [0.717, 1.165) is 0 Å². The Labute approximate surface area is 65.2 Å². The summed E-state index contributed by atoms with van der Waals surface area (Å²) in [4.78, 5) is 36.7. The number of Topliss-reactive ketones (excluding diaryl/α,β-unsaturated/α-hetero) is 1. The molecule has 6 nitrogen and oxygen atoms in total. The second-order valence-electron chi connectivity index (χ2n) is 2.32. The second-order valence-corrected chi connectivity index (χ2v) is 2.32. The van der Waals surface area contributed by atoms with Crippen molar-refractivity contribution < 1.29 is 9.53 Å². The Morgan fingerprint density at radius 2 is 1.92 bits per heavy atom. The van der Waals surface area contributed by atoms with E-state index in [-0.39, 0.29) is 18.1 Å². The van der Waals surface area contributed by atoms with Crippen LogP contribution in [0, 0.1) is 0 Å². The highest BCUT2D eigenvalue weighted by molar-refractivity contribution is 6.01. The number of carbonyl (C=O) groups excluding carboxylic acids is 1. The lowest BCUT2D eigenvalue weighted by Crippen LogP contribution is -2.25. The smallest absolute Gasteiger partial charge is 0.328 e. The van der Waals surface area contributed by atoms with Crippen LogP contribution in [-0.4, -0.2) is 22.4 Å². The van der Waals surface area contributed by atoms with Gasteiger partial charge in [-0.3, -0.25) is 19.6 Å². The number of ether oxygens (including phenoxy) is 1. The highest BCUT2D eigenvalue weighted by Gasteiger charge is 2.25. The van der Waals surface area contributed by atoms with Crippen molar-refractivity contribution in [2.75, 3.05) is 6.61 Å². The summed E-state index contributed by atoms with van der Waals surface area (Å²) in [5, 5.41) is 0. The standard InChI is InChI=1S/C6H4N2O4/c9-2-1-12-5-3(2)4(10)7-6(11)8-5/h1H2,(H2,7,8,10,11). The van der Waals surface area contributed by atoms with Gasteiger partial charge in [0.2, 0.25) is 11.7 Å². The Kier molecular flexibility index (Phi) is 1.18. The summed E-state index contributed by atoms with van der Waals surface area (Å²) in [5.74, 6) is -0.448. The molecule has 0 radical (unpaired) electrons. The molecule has 0 spiro atoms. The van der Waals surface area contributed by atoms with Gasteiger partial charge in [-0.1, -0.05) is 0 Å². The summed E-state index contributed by atoms with van der Waals surface area (Å²) in [6.07, 6.45) is 0. The van der Waals surface area contributed by atoms with Crippen LogP contribution in [0.15, 0.2) is 9.59 Å². The number of carbonyl (C=O) groups is 1. The molecule has 0 amide bonds. The van der Waals surface area contributed by atoms with Crippen molar-refractivity contribution in [2.45, 2.75) is 0 Å². The zero-order valence-electron chi connectivity index (χ0n) is 5.84. The zero-order chi connectivity index (χ0) is 8.72. The SMILES string of the molecule is O=C1COc2[nH]c(=O)[nH]c(=O)c21. The normalized spacial score (nSPS) is 14.2. The fraction of sp³-hybridized carbons (Fsp3) is 0.167. The molecule has 62 valence electrons. The van der Waals surface area contributed by atoms with Crippen LogP contribution < -0.4 is 16.0 Å². The molecule has 2 heterocycles. The van der Waals surface area contributed by atoms with Gasteiger partial charge >= 0.3 is 5.69 Å². The van der Waals surface area contributed by atoms with Crippen LogP contribution in [0.5, 0.6) is 5.88 Å². The third-order valence-corrected chi connectivity index (χ3v) is 1.53. The molecule has 1 aromatic rings. The van der Waals surface area contributed by atoms with Crippen molar-refractivity contribution in [1.29, 1.82) is 0 Å². The van der Waals surface area contributed by atoms with Gasteiger partial charge in [-0.2, -0.15) is 0 Å². The fourth-order valence-electron chi connectivity index (χ4n) is 1.04. The Morgan fingerprint density at radius 1 is 1.17 bits per heavy atom. The van der Waals surface area contributed by atoms with E-state index < -0.39 is 17.0 Å². The van der Waals surface area contributed by atoms with Crippen LogP contribution in [0.2, 0.25) is 0 Å². The number of hydrogen-bond donors (Lipinski definition) is 2. The minimum atomic E-state index is -0.698. The lowest BCUT2D eigenvalue weighted by molar-refractivity contribution is 0.0959. The van der Waals surface area contributed by atoms with Gasteiger partial charge in [-0.15, -0.1) is 0 Å². The van der Waals surface area contributed by atoms with Gasteiger partial charge in [0.05, 0.1) is 0 Å². The van der Waals surface area contributed by atoms with Crippen LogP contribution in [-0.2, 0) is 0 Å². The molecule has 1 aromatic heterocycles. The van der Waals surface area contributed by atoms with E-state index in [1.165, 1.54) is 0 Å². The van der Waals surface area contributed by atoms with Crippen molar-refractivity contribution in [2.24, 2.45) is 0 Å². The summed E-state index contributed by atoms with van der Waals surface area (Å²) >= 11 is 0. The molecule has 0 fully saturated rings.